The number of fused-ring (bicyclic) bond motifs is 3. The molecule has 1 amide bonds. The minimum atomic E-state index is -4.65. The van der Waals surface area contributed by atoms with E-state index in [2.05, 4.69) is 6.92 Å². The molecule has 4 aromatic rings. The Morgan fingerprint density at radius 3 is 2.45 bits per heavy atom. The lowest BCUT2D eigenvalue weighted by Gasteiger charge is -2.12. The van der Waals surface area contributed by atoms with Crippen LogP contribution in [-0.2, 0) is 19.1 Å². The van der Waals surface area contributed by atoms with E-state index in [9.17, 15) is 22.4 Å². The van der Waals surface area contributed by atoms with E-state index in [1.165, 1.54) is 0 Å². The third-order valence-electron chi connectivity index (χ3n) is 5.39. The molecule has 3 nitrogen and oxygen atoms in total. The van der Waals surface area contributed by atoms with Crippen LogP contribution in [0.25, 0.3) is 21.8 Å². The fourth-order valence-electron chi connectivity index (χ4n) is 4.10. The number of hydrogen-bond donors (Lipinski definition) is 1. The summed E-state index contributed by atoms with van der Waals surface area (Å²) in [6.45, 7) is 2.06. The highest BCUT2D eigenvalue weighted by molar-refractivity contribution is 6.18. The van der Waals surface area contributed by atoms with E-state index >= 15 is 0 Å². The first-order valence-corrected chi connectivity index (χ1v) is 9.89. The molecule has 0 unspecified atom stereocenters. The van der Waals surface area contributed by atoms with Crippen molar-refractivity contribution >= 4 is 27.7 Å². The number of nitrogens with zero attached hydrogens (tertiary/aromatic N) is 1. The Morgan fingerprint density at radius 2 is 1.77 bits per heavy atom. The van der Waals surface area contributed by atoms with E-state index in [0.717, 1.165) is 41.4 Å². The van der Waals surface area contributed by atoms with Crippen molar-refractivity contribution in [2.45, 2.75) is 32.5 Å². The molecule has 0 saturated carbocycles. The number of rotatable bonds is 5. The zero-order chi connectivity index (χ0) is 22.3. The molecule has 0 saturated heterocycles. The van der Waals surface area contributed by atoms with Crippen molar-refractivity contribution in [1.82, 2.24) is 4.57 Å². The van der Waals surface area contributed by atoms with Crippen molar-refractivity contribution in [1.29, 1.82) is 0 Å². The van der Waals surface area contributed by atoms with Gasteiger partial charge in [-0.25, -0.2) is 4.39 Å². The van der Waals surface area contributed by atoms with Gasteiger partial charge >= 0.3 is 6.18 Å². The van der Waals surface area contributed by atoms with Crippen LogP contribution in [0.2, 0.25) is 0 Å². The molecule has 2 N–H and O–H groups in total. The lowest BCUT2D eigenvalue weighted by atomic mass is 10.0. The number of halogens is 4. The molecule has 0 atom stereocenters. The summed E-state index contributed by atoms with van der Waals surface area (Å²) in [7, 11) is 0. The van der Waals surface area contributed by atoms with Gasteiger partial charge in [-0.05, 0) is 53.9 Å². The third kappa shape index (κ3) is 3.87. The third-order valence-corrected chi connectivity index (χ3v) is 5.39. The summed E-state index contributed by atoms with van der Waals surface area (Å²) in [5.74, 6) is -1.54. The molecule has 31 heavy (non-hydrogen) atoms. The van der Waals surface area contributed by atoms with Gasteiger partial charge in [-0.15, -0.1) is 0 Å². The van der Waals surface area contributed by atoms with E-state index in [0.29, 0.717) is 22.5 Å². The zero-order valence-electron chi connectivity index (χ0n) is 16.8. The van der Waals surface area contributed by atoms with Crippen molar-refractivity contribution in [3.05, 3.63) is 82.7 Å². The summed E-state index contributed by atoms with van der Waals surface area (Å²) in [5, 5.41) is 1.41. The molecule has 0 spiro atoms. The van der Waals surface area contributed by atoms with E-state index in [1.54, 1.807) is 18.2 Å². The zero-order valence-corrected chi connectivity index (χ0v) is 16.8. The molecule has 0 bridgehead atoms. The molecule has 160 valence electrons. The Kier molecular flexibility index (Phi) is 5.21. The second-order valence-corrected chi connectivity index (χ2v) is 7.60. The molecule has 0 fully saturated rings. The predicted molar refractivity (Wildman–Crippen MR) is 112 cm³/mol. The highest BCUT2D eigenvalue weighted by Crippen LogP contribution is 2.35. The van der Waals surface area contributed by atoms with Crippen molar-refractivity contribution in [2.24, 2.45) is 5.73 Å². The first kappa shape index (κ1) is 20.9. The van der Waals surface area contributed by atoms with Crippen molar-refractivity contribution < 1.29 is 22.4 Å². The van der Waals surface area contributed by atoms with Crippen LogP contribution in [0.1, 0.15) is 40.4 Å². The largest absolute Gasteiger partial charge is 0.416 e. The number of hydrogen-bond acceptors (Lipinski definition) is 1. The number of primary amides is 1. The van der Waals surface area contributed by atoms with Gasteiger partial charge in [-0.1, -0.05) is 31.5 Å². The Morgan fingerprint density at radius 1 is 1.00 bits per heavy atom. The fraction of sp³-hybridized carbons (Fsp3) is 0.208. The molecule has 0 aliphatic carbocycles. The quantitative estimate of drug-likeness (QED) is 0.387. The van der Waals surface area contributed by atoms with Crippen molar-refractivity contribution in [3.8, 4) is 0 Å². The number of carbonyl (C=O) groups is 1. The van der Waals surface area contributed by atoms with Gasteiger partial charge < -0.3 is 10.3 Å². The smallest absolute Gasteiger partial charge is 0.366 e. The van der Waals surface area contributed by atoms with Crippen LogP contribution in [0.4, 0.5) is 17.6 Å². The number of nitrogens with two attached hydrogens (primary N) is 1. The second-order valence-electron chi connectivity index (χ2n) is 7.60. The summed E-state index contributed by atoms with van der Waals surface area (Å²) in [6.07, 6.45) is -2.89. The van der Waals surface area contributed by atoms with E-state index < -0.39 is 23.5 Å². The maximum absolute atomic E-state index is 14.0. The molecule has 3 aromatic carbocycles. The SMILES string of the molecule is CCCc1ccc2c3c(C(N)=O)cccc3n(Cc3cc(F)cc(C(F)(F)F)c3)c2c1. The monoisotopic (exact) mass is 428 g/mol. The van der Waals surface area contributed by atoms with Crippen LogP contribution in [0, 0.1) is 5.82 Å². The van der Waals surface area contributed by atoms with Gasteiger partial charge in [-0.3, -0.25) is 4.79 Å². The van der Waals surface area contributed by atoms with Gasteiger partial charge in [0.05, 0.1) is 11.1 Å². The van der Waals surface area contributed by atoms with E-state index in [1.807, 2.05) is 22.8 Å². The second kappa shape index (κ2) is 7.72. The fourth-order valence-corrected chi connectivity index (χ4v) is 4.10. The first-order chi connectivity index (χ1) is 14.7. The first-order valence-electron chi connectivity index (χ1n) is 9.89. The predicted octanol–water partition coefficient (Wildman–Crippen LogP) is 6.05. The molecule has 1 heterocycles. The van der Waals surface area contributed by atoms with Crippen LogP contribution in [0.3, 0.4) is 0 Å². The van der Waals surface area contributed by atoms with Gasteiger partial charge in [0.1, 0.15) is 5.82 Å². The number of benzene rings is 3. The topological polar surface area (TPSA) is 48.0 Å². The van der Waals surface area contributed by atoms with Gasteiger partial charge in [0.25, 0.3) is 0 Å². The maximum atomic E-state index is 14.0. The number of aromatic nitrogens is 1. The molecular formula is C24H20F4N2O. The average molecular weight is 428 g/mol. The lowest BCUT2D eigenvalue weighted by molar-refractivity contribution is -0.137. The Hall–Kier alpha value is -3.35. The minimum Gasteiger partial charge on any atom is -0.366 e. The summed E-state index contributed by atoms with van der Waals surface area (Å²) in [6, 6.07) is 13.5. The average Bonchev–Trinajstić information content (AvgIpc) is 3.00. The number of carbonyl (C=O) groups excluding carboxylic acids is 1. The van der Waals surface area contributed by atoms with E-state index in [-0.39, 0.29) is 12.1 Å². The normalized spacial score (nSPS) is 12.0. The van der Waals surface area contributed by atoms with Crippen LogP contribution in [0.5, 0.6) is 0 Å². The molecule has 1 aromatic heterocycles. The van der Waals surface area contributed by atoms with Gasteiger partial charge in [0.2, 0.25) is 5.91 Å². The van der Waals surface area contributed by atoms with E-state index in [4.69, 9.17) is 5.73 Å². The number of amides is 1. The highest BCUT2D eigenvalue weighted by Gasteiger charge is 2.31. The molecule has 0 aliphatic rings. The van der Waals surface area contributed by atoms with Gasteiger partial charge in [-0.2, -0.15) is 13.2 Å². The standard InChI is InChI=1S/C24H20F4N2O/c1-2-4-14-7-8-18-21(11-14)30(20-6-3-5-19(22(18)20)23(29)31)13-15-9-16(24(26,27)28)12-17(25)10-15/h3,5-12H,2,4,13H2,1H3,(H2,29,31). The van der Waals surface area contributed by atoms with Crippen LogP contribution >= 0.6 is 0 Å². The van der Waals surface area contributed by atoms with Gasteiger partial charge in [0.15, 0.2) is 0 Å². The molecule has 0 radical (unpaired) electrons. The summed E-state index contributed by atoms with van der Waals surface area (Å²) in [4.78, 5) is 12.0. The molecule has 4 rings (SSSR count). The lowest BCUT2D eigenvalue weighted by Crippen LogP contribution is -2.11. The molecular weight excluding hydrogens is 408 g/mol. The molecule has 0 aliphatic heterocycles. The highest BCUT2D eigenvalue weighted by atomic mass is 19.4. The number of aryl methyl sites for hydroxylation is 1. The summed E-state index contributed by atoms with van der Waals surface area (Å²) in [5.41, 5.74) is 7.52. The van der Waals surface area contributed by atoms with Crippen LogP contribution in [0.15, 0.2) is 54.6 Å². The Balaban J connectivity index is 1.98. The number of alkyl halides is 3. The van der Waals surface area contributed by atoms with Crippen molar-refractivity contribution in [3.63, 3.8) is 0 Å². The summed E-state index contributed by atoms with van der Waals surface area (Å²) < 4.78 is 55.4. The minimum absolute atomic E-state index is 0.0125. The van der Waals surface area contributed by atoms with Gasteiger partial charge in [0, 0.05) is 28.4 Å². The van der Waals surface area contributed by atoms with Crippen LogP contribution < -0.4 is 5.73 Å². The Bertz CT molecular complexity index is 1300. The molecule has 7 heteroatoms. The summed E-state index contributed by atoms with van der Waals surface area (Å²) >= 11 is 0. The van der Waals surface area contributed by atoms with Crippen LogP contribution in [-0.4, -0.2) is 10.5 Å². The maximum Gasteiger partial charge on any atom is 0.416 e. The Labute approximate surface area is 176 Å². The van der Waals surface area contributed by atoms with Crippen molar-refractivity contribution in [2.75, 3.05) is 0 Å².